The van der Waals surface area contributed by atoms with Gasteiger partial charge in [-0.15, -0.1) is 0 Å². The van der Waals surface area contributed by atoms with Gasteiger partial charge in [0.2, 0.25) is 0 Å². The van der Waals surface area contributed by atoms with E-state index in [1.54, 1.807) is 12.1 Å². The van der Waals surface area contributed by atoms with Gasteiger partial charge in [-0.2, -0.15) is 0 Å². The molecule has 0 aliphatic rings. The molecule has 0 heterocycles. The van der Waals surface area contributed by atoms with Gasteiger partial charge in [-0.25, -0.2) is 0 Å². The fraction of sp³-hybridized carbons (Fsp3) is 0.600. The molecule has 0 bridgehead atoms. The van der Waals surface area contributed by atoms with Gasteiger partial charge in [0.05, 0.1) is 0 Å². The molecule has 90 valence electrons. The van der Waals surface area contributed by atoms with E-state index in [-0.39, 0.29) is 5.41 Å². The fourth-order valence-corrected chi connectivity index (χ4v) is 2.01. The van der Waals surface area contributed by atoms with Crippen molar-refractivity contribution >= 4 is 0 Å². The summed E-state index contributed by atoms with van der Waals surface area (Å²) in [6.45, 7) is 9.10. The van der Waals surface area contributed by atoms with Crippen LogP contribution in [0, 0.1) is 5.92 Å². The topological polar surface area (TPSA) is 20.2 Å². The Hall–Kier alpha value is -0.980. The lowest BCUT2D eigenvalue weighted by molar-refractivity contribution is 0.423. The highest BCUT2D eigenvalue weighted by atomic mass is 16.3. The zero-order chi connectivity index (χ0) is 12.2. The predicted octanol–water partition coefficient (Wildman–Crippen LogP) is 4.50. The Balaban J connectivity index is 2.59. The van der Waals surface area contributed by atoms with Crippen molar-refractivity contribution < 1.29 is 5.11 Å². The molecule has 1 heteroatoms. The minimum absolute atomic E-state index is 0.211. The van der Waals surface area contributed by atoms with Gasteiger partial charge in [-0.1, -0.05) is 52.7 Å². The van der Waals surface area contributed by atoms with Crippen molar-refractivity contribution in [3.63, 3.8) is 0 Å². The highest BCUT2D eigenvalue weighted by Gasteiger charge is 2.19. The molecule has 1 aromatic rings. The highest BCUT2D eigenvalue weighted by molar-refractivity contribution is 5.30. The molecular weight excluding hydrogens is 196 g/mol. The zero-order valence-electron chi connectivity index (χ0n) is 11.0. The summed E-state index contributed by atoms with van der Waals surface area (Å²) in [5.74, 6) is 1.14. The summed E-state index contributed by atoms with van der Waals surface area (Å²) in [5, 5.41) is 9.27. The van der Waals surface area contributed by atoms with Crippen LogP contribution in [0.5, 0.6) is 5.75 Å². The van der Waals surface area contributed by atoms with Gasteiger partial charge in [0, 0.05) is 0 Å². The van der Waals surface area contributed by atoms with Gasteiger partial charge in [0.1, 0.15) is 5.75 Å². The third-order valence-corrected chi connectivity index (χ3v) is 3.23. The van der Waals surface area contributed by atoms with E-state index in [1.165, 1.54) is 24.8 Å². The number of rotatable bonds is 5. The van der Waals surface area contributed by atoms with Crippen molar-refractivity contribution in [1.29, 1.82) is 0 Å². The summed E-state index contributed by atoms with van der Waals surface area (Å²) in [5.41, 5.74) is 1.52. The van der Waals surface area contributed by atoms with Crippen molar-refractivity contribution in [2.24, 2.45) is 5.92 Å². The molecule has 0 aliphatic carbocycles. The monoisotopic (exact) mass is 220 g/mol. The van der Waals surface area contributed by atoms with Crippen LogP contribution < -0.4 is 0 Å². The first-order valence-electron chi connectivity index (χ1n) is 6.21. The third kappa shape index (κ3) is 3.88. The van der Waals surface area contributed by atoms with Crippen LogP contribution in [0.4, 0.5) is 0 Å². The summed E-state index contributed by atoms with van der Waals surface area (Å²) < 4.78 is 0. The van der Waals surface area contributed by atoms with Gasteiger partial charge in [-0.05, 0) is 35.4 Å². The minimum Gasteiger partial charge on any atom is -0.508 e. The van der Waals surface area contributed by atoms with E-state index in [0.29, 0.717) is 5.75 Å². The van der Waals surface area contributed by atoms with E-state index >= 15 is 0 Å². The maximum Gasteiger partial charge on any atom is 0.115 e. The lowest BCUT2D eigenvalue weighted by atomic mass is 9.79. The molecule has 1 aromatic carbocycles. The van der Waals surface area contributed by atoms with Crippen LogP contribution in [0.25, 0.3) is 0 Å². The molecule has 0 saturated heterocycles. The van der Waals surface area contributed by atoms with Crippen LogP contribution in [0.2, 0.25) is 0 Å². The SMILES string of the molecule is CC(C)CCCC(C)(C)c1ccc(O)cc1. The van der Waals surface area contributed by atoms with Gasteiger partial charge < -0.3 is 5.11 Å². The predicted molar refractivity (Wildman–Crippen MR) is 69.8 cm³/mol. The number of phenols is 1. The lowest BCUT2D eigenvalue weighted by Gasteiger charge is -2.25. The molecule has 0 saturated carbocycles. The van der Waals surface area contributed by atoms with E-state index in [9.17, 15) is 5.11 Å². The van der Waals surface area contributed by atoms with E-state index in [4.69, 9.17) is 0 Å². The maximum atomic E-state index is 9.27. The third-order valence-electron chi connectivity index (χ3n) is 3.23. The minimum atomic E-state index is 0.211. The molecule has 0 aliphatic heterocycles. The van der Waals surface area contributed by atoms with E-state index in [2.05, 4.69) is 27.7 Å². The molecule has 0 aromatic heterocycles. The molecule has 0 atom stereocenters. The molecule has 0 amide bonds. The van der Waals surface area contributed by atoms with Crippen LogP contribution >= 0.6 is 0 Å². The van der Waals surface area contributed by atoms with Crippen LogP contribution in [0.15, 0.2) is 24.3 Å². The standard InChI is InChI=1S/C15H24O/c1-12(2)6-5-11-15(3,4)13-7-9-14(16)10-8-13/h7-10,12,16H,5-6,11H2,1-4H3. The molecule has 0 radical (unpaired) electrons. The van der Waals surface area contributed by atoms with Gasteiger partial charge in [-0.3, -0.25) is 0 Å². The Kier molecular flexibility index (Phi) is 4.40. The number of phenolic OH excluding ortho intramolecular Hbond substituents is 1. The van der Waals surface area contributed by atoms with Crippen LogP contribution in [0.3, 0.4) is 0 Å². The lowest BCUT2D eigenvalue weighted by Crippen LogP contribution is -2.17. The van der Waals surface area contributed by atoms with Crippen molar-refractivity contribution in [1.82, 2.24) is 0 Å². The second-order valence-electron chi connectivity index (χ2n) is 5.72. The summed E-state index contributed by atoms with van der Waals surface area (Å²) in [4.78, 5) is 0. The molecule has 1 N–H and O–H groups in total. The summed E-state index contributed by atoms with van der Waals surface area (Å²) in [6, 6.07) is 7.62. The normalized spacial score (nSPS) is 12.1. The maximum absolute atomic E-state index is 9.27. The zero-order valence-corrected chi connectivity index (χ0v) is 11.0. The summed E-state index contributed by atoms with van der Waals surface area (Å²) in [7, 11) is 0. The largest absolute Gasteiger partial charge is 0.508 e. The van der Waals surface area contributed by atoms with Crippen LogP contribution in [0.1, 0.15) is 52.5 Å². The van der Waals surface area contributed by atoms with Crippen molar-refractivity contribution in [3.8, 4) is 5.75 Å². The molecule has 0 fully saturated rings. The van der Waals surface area contributed by atoms with E-state index in [0.717, 1.165) is 5.92 Å². The first-order chi connectivity index (χ1) is 7.42. The highest BCUT2D eigenvalue weighted by Crippen LogP contribution is 2.30. The van der Waals surface area contributed by atoms with Crippen molar-refractivity contribution in [2.75, 3.05) is 0 Å². The first kappa shape index (κ1) is 13.1. The van der Waals surface area contributed by atoms with Crippen molar-refractivity contribution in [3.05, 3.63) is 29.8 Å². The van der Waals surface area contributed by atoms with Gasteiger partial charge in [0.25, 0.3) is 0 Å². The second-order valence-corrected chi connectivity index (χ2v) is 5.72. The smallest absolute Gasteiger partial charge is 0.115 e. The van der Waals surface area contributed by atoms with Gasteiger partial charge >= 0.3 is 0 Å². The molecule has 0 spiro atoms. The Morgan fingerprint density at radius 2 is 1.69 bits per heavy atom. The van der Waals surface area contributed by atoms with E-state index < -0.39 is 0 Å². The number of aromatic hydroxyl groups is 1. The summed E-state index contributed by atoms with van der Waals surface area (Å²) in [6.07, 6.45) is 3.77. The van der Waals surface area contributed by atoms with E-state index in [1.807, 2.05) is 12.1 Å². The first-order valence-corrected chi connectivity index (χ1v) is 6.21. The summed E-state index contributed by atoms with van der Waals surface area (Å²) >= 11 is 0. The van der Waals surface area contributed by atoms with Gasteiger partial charge in [0.15, 0.2) is 0 Å². The quantitative estimate of drug-likeness (QED) is 0.774. The number of hydrogen-bond acceptors (Lipinski definition) is 1. The molecule has 1 nitrogen and oxygen atoms in total. The van der Waals surface area contributed by atoms with Crippen LogP contribution in [-0.4, -0.2) is 5.11 Å². The average Bonchev–Trinajstić information content (AvgIpc) is 2.17. The molecule has 1 rings (SSSR count). The van der Waals surface area contributed by atoms with Crippen LogP contribution in [-0.2, 0) is 5.41 Å². The molecule has 16 heavy (non-hydrogen) atoms. The number of hydrogen-bond donors (Lipinski definition) is 1. The molecular formula is C15H24O. The molecule has 0 unspecified atom stereocenters. The number of benzene rings is 1. The van der Waals surface area contributed by atoms with Crippen molar-refractivity contribution in [2.45, 2.75) is 52.4 Å². The Morgan fingerprint density at radius 1 is 1.12 bits per heavy atom. The average molecular weight is 220 g/mol. The Morgan fingerprint density at radius 3 is 2.19 bits per heavy atom. The Labute approximate surface area is 99.5 Å². The Bertz CT molecular complexity index is 309. The fourth-order valence-electron chi connectivity index (χ4n) is 2.01. The second kappa shape index (κ2) is 5.38.